The molecule has 0 aromatic carbocycles. The molecular formula is C12H17ClN4O. The van der Waals surface area contributed by atoms with Crippen LogP contribution in [0.3, 0.4) is 0 Å². The van der Waals surface area contributed by atoms with E-state index in [9.17, 15) is 5.11 Å². The van der Waals surface area contributed by atoms with Gasteiger partial charge in [0.25, 0.3) is 0 Å². The van der Waals surface area contributed by atoms with Crippen molar-refractivity contribution in [1.82, 2.24) is 19.6 Å². The maximum Gasteiger partial charge on any atom is 0.139 e. The summed E-state index contributed by atoms with van der Waals surface area (Å²) in [6, 6.07) is 1.87. The molecule has 0 amide bonds. The third-order valence-corrected chi connectivity index (χ3v) is 3.20. The summed E-state index contributed by atoms with van der Waals surface area (Å²) in [7, 11) is 0. The SMILES string of the molecule is CCn1nc(C)cc1C(O)c1c(Cl)cnn1CC. The van der Waals surface area contributed by atoms with E-state index < -0.39 is 6.10 Å². The van der Waals surface area contributed by atoms with Gasteiger partial charge in [-0.1, -0.05) is 11.6 Å². The summed E-state index contributed by atoms with van der Waals surface area (Å²) >= 11 is 6.10. The predicted octanol–water partition coefficient (Wildman–Crippen LogP) is 2.16. The minimum absolute atomic E-state index is 0.478. The Hall–Kier alpha value is -1.33. The van der Waals surface area contributed by atoms with Gasteiger partial charge in [-0.3, -0.25) is 9.36 Å². The average Bonchev–Trinajstić information content (AvgIpc) is 2.91. The van der Waals surface area contributed by atoms with Crippen molar-refractivity contribution in [2.75, 3.05) is 0 Å². The van der Waals surface area contributed by atoms with Gasteiger partial charge in [-0.15, -0.1) is 0 Å². The van der Waals surface area contributed by atoms with Crippen molar-refractivity contribution in [3.05, 3.63) is 34.4 Å². The van der Waals surface area contributed by atoms with Gasteiger partial charge in [0.15, 0.2) is 0 Å². The third kappa shape index (κ3) is 2.15. The maximum atomic E-state index is 10.5. The molecule has 98 valence electrons. The van der Waals surface area contributed by atoms with Crippen LogP contribution < -0.4 is 0 Å². The number of halogens is 1. The Bertz CT molecular complexity index is 546. The van der Waals surface area contributed by atoms with Gasteiger partial charge in [-0.25, -0.2) is 0 Å². The zero-order valence-electron chi connectivity index (χ0n) is 10.8. The highest BCUT2D eigenvalue weighted by atomic mass is 35.5. The highest BCUT2D eigenvalue weighted by Crippen LogP contribution is 2.28. The summed E-state index contributed by atoms with van der Waals surface area (Å²) in [5.74, 6) is 0. The van der Waals surface area contributed by atoms with Gasteiger partial charge in [0.2, 0.25) is 0 Å². The molecule has 0 radical (unpaired) electrons. The van der Waals surface area contributed by atoms with Crippen LogP contribution in [-0.2, 0) is 13.1 Å². The first kappa shape index (κ1) is 13.1. The molecule has 0 fully saturated rings. The van der Waals surface area contributed by atoms with Crippen molar-refractivity contribution in [3.8, 4) is 0 Å². The van der Waals surface area contributed by atoms with Gasteiger partial charge >= 0.3 is 0 Å². The van der Waals surface area contributed by atoms with Crippen molar-refractivity contribution in [2.24, 2.45) is 0 Å². The summed E-state index contributed by atoms with van der Waals surface area (Å²) < 4.78 is 3.48. The lowest BCUT2D eigenvalue weighted by Crippen LogP contribution is -2.14. The molecule has 0 aliphatic carbocycles. The molecule has 2 heterocycles. The summed E-state index contributed by atoms with van der Waals surface area (Å²) in [4.78, 5) is 0. The van der Waals surface area contributed by atoms with E-state index in [0.717, 1.165) is 11.4 Å². The lowest BCUT2D eigenvalue weighted by Gasteiger charge is -2.14. The van der Waals surface area contributed by atoms with Crippen molar-refractivity contribution in [2.45, 2.75) is 40.0 Å². The second-order valence-corrected chi connectivity index (χ2v) is 4.53. The minimum Gasteiger partial charge on any atom is -0.380 e. The third-order valence-electron chi connectivity index (χ3n) is 2.90. The molecule has 0 saturated heterocycles. The number of hydrogen-bond donors (Lipinski definition) is 1. The van der Waals surface area contributed by atoms with Crippen LogP contribution in [-0.4, -0.2) is 24.7 Å². The number of aliphatic hydroxyl groups is 1. The van der Waals surface area contributed by atoms with E-state index in [1.54, 1.807) is 15.6 Å². The van der Waals surface area contributed by atoms with Gasteiger partial charge in [0, 0.05) is 13.1 Å². The molecule has 2 aromatic rings. The van der Waals surface area contributed by atoms with Gasteiger partial charge in [-0.05, 0) is 26.8 Å². The van der Waals surface area contributed by atoms with Crippen molar-refractivity contribution in [3.63, 3.8) is 0 Å². The van der Waals surface area contributed by atoms with E-state index in [0.29, 0.717) is 23.8 Å². The van der Waals surface area contributed by atoms with Gasteiger partial charge in [0.1, 0.15) is 6.10 Å². The topological polar surface area (TPSA) is 55.9 Å². The van der Waals surface area contributed by atoms with Crippen LogP contribution >= 0.6 is 11.6 Å². The normalized spacial score (nSPS) is 12.9. The first-order valence-electron chi connectivity index (χ1n) is 6.02. The van der Waals surface area contributed by atoms with Crippen LogP contribution in [0.25, 0.3) is 0 Å². The summed E-state index contributed by atoms with van der Waals surface area (Å²) in [6.07, 6.45) is 0.754. The molecule has 1 unspecified atom stereocenters. The number of aliphatic hydroxyl groups excluding tert-OH is 1. The molecule has 5 nitrogen and oxygen atoms in total. The monoisotopic (exact) mass is 268 g/mol. The molecule has 18 heavy (non-hydrogen) atoms. The fourth-order valence-corrected chi connectivity index (χ4v) is 2.32. The van der Waals surface area contributed by atoms with Crippen LogP contribution in [0.4, 0.5) is 0 Å². The van der Waals surface area contributed by atoms with E-state index >= 15 is 0 Å². The van der Waals surface area contributed by atoms with Crippen molar-refractivity contribution < 1.29 is 5.11 Å². The molecule has 2 rings (SSSR count). The van der Waals surface area contributed by atoms with E-state index in [-0.39, 0.29) is 0 Å². The number of rotatable bonds is 4. The molecule has 0 spiro atoms. The fraction of sp³-hybridized carbons (Fsp3) is 0.500. The van der Waals surface area contributed by atoms with Crippen LogP contribution in [0.5, 0.6) is 0 Å². The lowest BCUT2D eigenvalue weighted by molar-refractivity contribution is 0.196. The summed E-state index contributed by atoms with van der Waals surface area (Å²) in [6.45, 7) is 7.22. The van der Waals surface area contributed by atoms with E-state index in [2.05, 4.69) is 10.2 Å². The number of hydrogen-bond acceptors (Lipinski definition) is 3. The zero-order chi connectivity index (χ0) is 13.3. The first-order chi connectivity index (χ1) is 8.58. The lowest BCUT2D eigenvalue weighted by atomic mass is 10.1. The molecule has 6 heteroatoms. The van der Waals surface area contributed by atoms with Crippen LogP contribution in [0.2, 0.25) is 5.02 Å². The van der Waals surface area contributed by atoms with E-state index in [1.165, 1.54) is 0 Å². The molecule has 2 aromatic heterocycles. The van der Waals surface area contributed by atoms with Crippen molar-refractivity contribution in [1.29, 1.82) is 0 Å². The Kier molecular flexibility index (Phi) is 3.73. The first-order valence-corrected chi connectivity index (χ1v) is 6.39. The largest absolute Gasteiger partial charge is 0.380 e. The Morgan fingerprint density at radius 1 is 1.33 bits per heavy atom. The van der Waals surface area contributed by atoms with E-state index in [4.69, 9.17) is 11.6 Å². The Labute approximate surface area is 111 Å². The Morgan fingerprint density at radius 3 is 2.61 bits per heavy atom. The predicted molar refractivity (Wildman–Crippen MR) is 69.6 cm³/mol. The summed E-state index contributed by atoms with van der Waals surface area (Å²) in [5.41, 5.74) is 2.24. The van der Waals surface area contributed by atoms with Crippen LogP contribution in [0, 0.1) is 6.92 Å². The van der Waals surface area contributed by atoms with Crippen molar-refractivity contribution >= 4 is 11.6 Å². The molecule has 0 aliphatic heterocycles. The maximum absolute atomic E-state index is 10.5. The van der Waals surface area contributed by atoms with Crippen LogP contribution in [0.1, 0.15) is 37.0 Å². The quantitative estimate of drug-likeness (QED) is 0.925. The molecule has 1 atom stereocenters. The fourth-order valence-electron chi connectivity index (χ4n) is 2.07. The highest BCUT2D eigenvalue weighted by molar-refractivity contribution is 6.31. The number of nitrogens with zero attached hydrogens (tertiary/aromatic N) is 4. The summed E-state index contributed by atoms with van der Waals surface area (Å²) in [5, 5.41) is 19.4. The molecule has 0 aliphatic rings. The van der Waals surface area contributed by atoms with Crippen LogP contribution in [0.15, 0.2) is 12.3 Å². The smallest absolute Gasteiger partial charge is 0.139 e. The number of aryl methyl sites for hydroxylation is 3. The Balaban J connectivity index is 2.46. The molecular weight excluding hydrogens is 252 g/mol. The molecule has 1 N–H and O–H groups in total. The second kappa shape index (κ2) is 5.12. The Morgan fingerprint density at radius 2 is 2.00 bits per heavy atom. The van der Waals surface area contributed by atoms with Gasteiger partial charge in [-0.2, -0.15) is 10.2 Å². The average molecular weight is 269 g/mol. The standard InChI is InChI=1S/C12H17ClN4O/c1-4-16-10(6-8(3)15-16)12(18)11-9(13)7-14-17(11)5-2/h6-7,12,18H,4-5H2,1-3H3. The number of aromatic nitrogens is 4. The van der Waals surface area contributed by atoms with Gasteiger partial charge in [0.05, 0.1) is 28.3 Å². The highest BCUT2D eigenvalue weighted by Gasteiger charge is 2.22. The minimum atomic E-state index is -0.805. The molecule has 0 saturated carbocycles. The second-order valence-electron chi connectivity index (χ2n) is 4.12. The van der Waals surface area contributed by atoms with Gasteiger partial charge < -0.3 is 5.11 Å². The zero-order valence-corrected chi connectivity index (χ0v) is 11.5. The van der Waals surface area contributed by atoms with E-state index in [1.807, 2.05) is 26.8 Å². The molecule has 0 bridgehead atoms.